The molecule has 2 heterocycles. The predicted octanol–water partition coefficient (Wildman–Crippen LogP) is 5.33. The standard InChI is InChI=1S/C18H18BrN3O3S2/c1-11-6-7-15(14(19)8-11)22-27(23,24)16-9-13(10-26-16)17-20-18(25-21-17)12-4-2-3-5-12/h6-10,12,22H,2-5H2,1H3. The summed E-state index contributed by atoms with van der Waals surface area (Å²) >= 11 is 4.53. The van der Waals surface area contributed by atoms with Crippen molar-refractivity contribution in [1.29, 1.82) is 0 Å². The second-order valence-corrected chi connectivity index (χ2v) is 10.4. The lowest BCUT2D eigenvalue weighted by Gasteiger charge is -2.08. The minimum atomic E-state index is -3.69. The van der Waals surface area contributed by atoms with E-state index in [0.29, 0.717) is 33.4 Å². The molecule has 0 unspecified atom stereocenters. The van der Waals surface area contributed by atoms with E-state index in [4.69, 9.17) is 4.52 Å². The van der Waals surface area contributed by atoms with Gasteiger partial charge >= 0.3 is 0 Å². The predicted molar refractivity (Wildman–Crippen MR) is 109 cm³/mol. The van der Waals surface area contributed by atoms with Crippen molar-refractivity contribution in [2.24, 2.45) is 0 Å². The van der Waals surface area contributed by atoms with Crippen molar-refractivity contribution < 1.29 is 12.9 Å². The molecule has 0 amide bonds. The van der Waals surface area contributed by atoms with Gasteiger partial charge in [-0.15, -0.1) is 11.3 Å². The zero-order chi connectivity index (χ0) is 19.0. The highest BCUT2D eigenvalue weighted by Crippen LogP contribution is 2.35. The number of anilines is 1. The number of rotatable bonds is 5. The molecule has 1 aliphatic carbocycles. The third-order valence-electron chi connectivity index (χ3n) is 4.61. The van der Waals surface area contributed by atoms with Gasteiger partial charge in [0.25, 0.3) is 10.0 Å². The molecule has 6 nitrogen and oxygen atoms in total. The molecule has 0 aliphatic heterocycles. The molecule has 2 aromatic heterocycles. The topological polar surface area (TPSA) is 85.1 Å². The molecule has 1 aliphatic rings. The van der Waals surface area contributed by atoms with Crippen LogP contribution in [0.4, 0.5) is 5.69 Å². The summed E-state index contributed by atoms with van der Waals surface area (Å²) in [4.78, 5) is 4.47. The number of sulfonamides is 1. The van der Waals surface area contributed by atoms with Gasteiger partial charge in [0.05, 0.1) is 5.69 Å². The van der Waals surface area contributed by atoms with Crippen LogP contribution in [-0.4, -0.2) is 18.6 Å². The number of benzene rings is 1. The zero-order valence-corrected chi connectivity index (χ0v) is 17.8. The number of hydrogen-bond acceptors (Lipinski definition) is 6. The lowest BCUT2D eigenvalue weighted by Crippen LogP contribution is -2.11. The maximum Gasteiger partial charge on any atom is 0.271 e. The Morgan fingerprint density at radius 3 is 2.78 bits per heavy atom. The normalized spacial score (nSPS) is 15.3. The fraction of sp³-hybridized carbons (Fsp3) is 0.333. The highest BCUT2D eigenvalue weighted by Gasteiger charge is 2.25. The number of thiophene rings is 1. The smallest absolute Gasteiger partial charge is 0.271 e. The first-order chi connectivity index (χ1) is 12.9. The maximum atomic E-state index is 12.7. The summed E-state index contributed by atoms with van der Waals surface area (Å²) < 4.78 is 34.3. The van der Waals surface area contributed by atoms with Crippen LogP contribution in [0.3, 0.4) is 0 Å². The van der Waals surface area contributed by atoms with Gasteiger partial charge in [-0.3, -0.25) is 4.72 Å². The number of hydrogen-bond donors (Lipinski definition) is 1. The van der Waals surface area contributed by atoms with E-state index in [1.165, 1.54) is 12.8 Å². The molecule has 0 spiro atoms. The van der Waals surface area contributed by atoms with E-state index < -0.39 is 10.0 Å². The summed E-state index contributed by atoms with van der Waals surface area (Å²) in [7, 11) is -3.69. The van der Waals surface area contributed by atoms with Crippen molar-refractivity contribution in [2.75, 3.05) is 4.72 Å². The summed E-state index contributed by atoms with van der Waals surface area (Å²) in [5.41, 5.74) is 2.19. The van der Waals surface area contributed by atoms with E-state index in [1.54, 1.807) is 17.5 Å². The van der Waals surface area contributed by atoms with Gasteiger partial charge < -0.3 is 4.52 Å². The van der Waals surface area contributed by atoms with Crippen LogP contribution < -0.4 is 4.72 Å². The molecule has 0 bridgehead atoms. The molecule has 1 N–H and O–H groups in total. The lowest BCUT2D eigenvalue weighted by atomic mass is 10.1. The van der Waals surface area contributed by atoms with Crippen molar-refractivity contribution in [3.8, 4) is 11.4 Å². The molecule has 1 aromatic carbocycles. The second kappa shape index (κ2) is 7.37. The van der Waals surface area contributed by atoms with Crippen molar-refractivity contribution in [1.82, 2.24) is 10.1 Å². The van der Waals surface area contributed by atoms with E-state index >= 15 is 0 Å². The Kier molecular flexibility index (Phi) is 5.09. The molecular weight excluding hydrogens is 450 g/mol. The summed E-state index contributed by atoms with van der Waals surface area (Å²) in [6, 6.07) is 7.03. The molecule has 9 heteroatoms. The molecule has 0 atom stereocenters. The quantitative estimate of drug-likeness (QED) is 0.547. The van der Waals surface area contributed by atoms with Crippen molar-refractivity contribution in [2.45, 2.75) is 42.7 Å². The number of nitrogens with one attached hydrogen (secondary N) is 1. The average Bonchev–Trinajstić information content (AvgIpc) is 3.37. The van der Waals surface area contributed by atoms with Crippen LogP contribution in [0.2, 0.25) is 0 Å². The van der Waals surface area contributed by atoms with Gasteiger partial charge in [-0.1, -0.05) is 24.1 Å². The van der Waals surface area contributed by atoms with Gasteiger partial charge in [-0.2, -0.15) is 4.98 Å². The number of aryl methyl sites for hydroxylation is 1. The van der Waals surface area contributed by atoms with Crippen LogP contribution in [0, 0.1) is 6.92 Å². The van der Waals surface area contributed by atoms with E-state index in [1.807, 2.05) is 19.1 Å². The Hall–Kier alpha value is -1.71. The molecule has 0 saturated heterocycles. The molecule has 4 rings (SSSR count). The molecule has 27 heavy (non-hydrogen) atoms. The van der Waals surface area contributed by atoms with Crippen LogP contribution in [0.15, 0.2) is 42.9 Å². The summed E-state index contributed by atoms with van der Waals surface area (Å²) in [6.07, 6.45) is 4.51. The third-order valence-corrected chi connectivity index (χ3v) is 8.07. The molecule has 3 aromatic rings. The Labute approximate surface area is 170 Å². The first-order valence-corrected chi connectivity index (χ1v) is 11.8. The van der Waals surface area contributed by atoms with Crippen LogP contribution >= 0.6 is 27.3 Å². The van der Waals surface area contributed by atoms with Crippen LogP contribution in [0.5, 0.6) is 0 Å². The van der Waals surface area contributed by atoms with Gasteiger partial charge in [0.2, 0.25) is 11.7 Å². The Balaban J connectivity index is 1.56. The SMILES string of the molecule is Cc1ccc(NS(=O)(=O)c2cc(-c3noc(C4CCCC4)n3)cs2)c(Br)c1. The van der Waals surface area contributed by atoms with Crippen LogP contribution in [-0.2, 0) is 10.0 Å². The lowest BCUT2D eigenvalue weighted by molar-refractivity contribution is 0.354. The minimum absolute atomic E-state index is 0.206. The third kappa shape index (κ3) is 3.95. The first-order valence-electron chi connectivity index (χ1n) is 8.64. The maximum absolute atomic E-state index is 12.7. The Bertz CT molecular complexity index is 1070. The Morgan fingerprint density at radius 2 is 2.04 bits per heavy atom. The largest absolute Gasteiger partial charge is 0.339 e. The number of aromatic nitrogens is 2. The monoisotopic (exact) mass is 467 g/mol. The summed E-state index contributed by atoms with van der Waals surface area (Å²) in [5, 5.41) is 5.77. The average molecular weight is 468 g/mol. The molecule has 0 radical (unpaired) electrons. The molecular formula is C18H18BrN3O3S2. The van der Waals surface area contributed by atoms with Crippen molar-refractivity contribution in [3.05, 3.63) is 45.6 Å². The number of halogens is 1. The Morgan fingerprint density at radius 1 is 1.26 bits per heavy atom. The van der Waals surface area contributed by atoms with Gasteiger partial charge in [-0.05, 0) is 59.5 Å². The second-order valence-electron chi connectivity index (χ2n) is 6.68. The van der Waals surface area contributed by atoms with E-state index in [9.17, 15) is 8.42 Å². The van der Waals surface area contributed by atoms with Gasteiger partial charge in [0.1, 0.15) is 4.21 Å². The van der Waals surface area contributed by atoms with Crippen LogP contribution in [0.1, 0.15) is 43.1 Å². The number of nitrogens with zero attached hydrogens (tertiary/aromatic N) is 2. The molecule has 142 valence electrons. The van der Waals surface area contributed by atoms with Gasteiger partial charge in [0, 0.05) is 21.3 Å². The summed E-state index contributed by atoms with van der Waals surface area (Å²) in [5.74, 6) is 1.42. The van der Waals surface area contributed by atoms with Crippen LogP contribution in [0.25, 0.3) is 11.4 Å². The van der Waals surface area contributed by atoms with Gasteiger partial charge in [-0.25, -0.2) is 8.42 Å². The molecule has 1 saturated carbocycles. The highest BCUT2D eigenvalue weighted by molar-refractivity contribution is 9.10. The highest BCUT2D eigenvalue weighted by atomic mass is 79.9. The van der Waals surface area contributed by atoms with E-state index in [0.717, 1.165) is 29.7 Å². The fourth-order valence-corrected chi connectivity index (χ4v) is 6.13. The van der Waals surface area contributed by atoms with Crippen molar-refractivity contribution in [3.63, 3.8) is 0 Å². The first kappa shape index (κ1) is 18.6. The van der Waals surface area contributed by atoms with E-state index in [-0.39, 0.29) is 4.21 Å². The fourth-order valence-electron chi connectivity index (χ4n) is 3.16. The zero-order valence-electron chi connectivity index (χ0n) is 14.6. The molecule has 1 fully saturated rings. The van der Waals surface area contributed by atoms with Gasteiger partial charge in [0.15, 0.2) is 0 Å². The van der Waals surface area contributed by atoms with E-state index in [2.05, 4.69) is 30.8 Å². The van der Waals surface area contributed by atoms with Crippen molar-refractivity contribution >= 4 is 43.0 Å². The summed E-state index contributed by atoms with van der Waals surface area (Å²) in [6.45, 7) is 1.94. The minimum Gasteiger partial charge on any atom is -0.339 e.